The number of benzene rings is 1. The molecular formula is C15H20N2OS. The van der Waals surface area contributed by atoms with E-state index in [0.29, 0.717) is 6.42 Å². The highest BCUT2D eigenvalue weighted by Crippen LogP contribution is 2.33. The Labute approximate surface area is 118 Å². The van der Waals surface area contributed by atoms with Crippen LogP contribution in [0.2, 0.25) is 0 Å². The molecule has 2 rings (SSSR count). The van der Waals surface area contributed by atoms with Gasteiger partial charge in [0.2, 0.25) is 5.91 Å². The number of nitrogens with two attached hydrogens (primary N) is 1. The Morgan fingerprint density at radius 1 is 1.47 bits per heavy atom. The Balaban J connectivity index is 1.97. The second-order valence-electron chi connectivity index (χ2n) is 5.04. The summed E-state index contributed by atoms with van der Waals surface area (Å²) in [6.07, 6.45) is 5.30. The van der Waals surface area contributed by atoms with Crippen LogP contribution in [0.15, 0.2) is 41.8 Å². The summed E-state index contributed by atoms with van der Waals surface area (Å²) in [5.74, 6) is 0.835. The van der Waals surface area contributed by atoms with E-state index in [1.165, 1.54) is 0 Å². The lowest BCUT2D eigenvalue weighted by Crippen LogP contribution is -2.48. The molecule has 102 valence electrons. The molecule has 1 aliphatic rings. The molecule has 0 bridgehead atoms. The van der Waals surface area contributed by atoms with Crippen LogP contribution in [0.25, 0.3) is 0 Å². The van der Waals surface area contributed by atoms with E-state index in [2.05, 4.69) is 11.9 Å². The van der Waals surface area contributed by atoms with Crippen LogP contribution in [0.5, 0.6) is 0 Å². The smallest absolute Gasteiger partial charge is 0.226 e. The van der Waals surface area contributed by atoms with Crippen molar-refractivity contribution < 1.29 is 4.79 Å². The topological polar surface area (TPSA) is 55.1 Å². The van der Waals surface area contributed by atoms with Crippen molar-refractivity contribution in [3.8, 4) is 0 Å². The van der Waals surface area contributed by atoms with Gasteiger partial charge in [-0.25, -0.2) is 0 Å². The summed E-state index contributed by atoms with van der Waals surface area (Å²) in [5.41, 5.74) is 6.69. The Morgan fingerprint density at radius 3 is 2.84 bits per heavy atom. The van der Waals surface area contributed by atoms with Crippen LogP contribution in [0.4, 0.5) is 5.69 Å². The molecule has 0 unspecified atom stereocenters. The Bertz CT molecular complexity index is 469. The molecule has 0 heterocycles. The first kappa shape index (κ1) is 14.2. The van der Waals surface area contributed by atoms with Crippen LogP contribution in [-0.2, 0) is 4.79 Å². The van der Waals surface area contributed by atoms with Gasteiger partial charge >= 0.3 is 0 Å². The van der Waals surface area contributed by atoms with Gasteiger partial charge in [0, 0.05) is 22.6 Å². The minimum atomic E-state index is -0.271. The van der Waals surface area contributed by atoms with Gasteiger partial charge in [-0.3, -0.25) is 4.79 Å². The van der Waals surface area contributed by atoms with Crippen molar-refractivity contribution in [3.05, 3.63) is 36.9 Å². The molecule has 0 aliphatic heterocycles. The van der Waals surface area contributed by atoms with Crippen molar-refractivity contribution in [1.29, 1.82) is 0 Å². The fourth-order valence-electron chi connectivity index (χ4n) is 2.17. The van der Waals surface area contributed by atoms with Gasteiger partial charge in [0.15, 0.2) is 0 Å². The van der Waals surface area contributed by atoms with Gasteiger partial charge in [-0.1, -0.05) is 18.2 Å². The zero-order valence-electron chi connectivity index (χ0n) is 11.0. The molecule has 1 aliphatic carbocycles. The number of amides is 1. The number of para-hydroxylation sites is 1. The van der Waals surface area contributed by atoms with Crippen LogP contribution in [0.3, 0.4) is 0 Å². The lowest BCUT2D eigenvalue weighted by Gasteiger charge is -2.37. The van der Waals surface area contributed by atoms with E-state index >= 15 is 0 Å². The molecule has 4 heteroatoms. The number of hydrogen-bond donors (Lipinski definition) is 2. The molecular weight excluding hydrogens is 256 g/mol. The van der Waals surface area contributed by atoms with Crippen molar-refractivity contribution in [1.82, 2.24) is 0 Å². The number of thioether (sulfide) groups is 1. The summed E-state index contributed by atoms with van der Waals surface area (Å²) >= 11 is 1.66. The van der Waals surface area contributed by atoms with E-state index in [1.807, 2.05) is 30.3 Å². The Kier molecular flexibility index (Phi) is 4.66. The molecule has 0 spiro atoms. The predicted molar refractivity (Wildman–Crippen MR) is 81.4 cm³/mol. The van der Waals surface area contributed by atoms with E-state index in [9.17, 15) is 4.79 Å². The SMILES string of the molecule is C=CCSc1ccccc1NC(=O)CC1(N)CCC1. The summed E-state index contributed by atoms with van der Waals surface area (Å²) in [4.78, 5) is 13.1. The van der Waals surface area contributed by atoms with Crippen LogP contribution in [0, 0.1) is 0 Å². The first-order chi connectivity index (χ1) is 9.13. The summed E-state index contributed by atoms with van der Waals surface area (Å²) in [6.45, 7) is 3.71. The molecule has 1 aromatic carbocycles. The van der Waals surface area contributed by atoms with Gasteiger partial charge in [-0.2, -0.15) is 0 Å². The molecule has 3 nitrogen and oxygen atoms in total. The first-order valence-electron chi connectivity index (χ1n) is 6.54. The third kappa shape index (κ3) is 3.85. The van der Waals surface area contributed by atoms with Gasteiger partial charge in [0.05, 0.1) is 5.69 Å². The minimum Gasteiger partial charge on any atom is -0.325 e. The molecule has 1 saturated carbocycles. The second kappa shape index (κ2) is 6.26. The Hall–Kier alpha value is -1.26. The van der Waals surface area contributed by atoms with Crippen molar-refractivity contribution in [2.75, 3.05) is 11.1 Å². The standard InChI is InChI=1S/C15H20N2OS/c1-2-10-19-13-7-4-3-6-12(13)17-14(18)11-15(16)8-5-9-15/h2-4,6-7H,1,5,8-11,16H2,(H,17,18). The van der Waals surface area contributed by atoms with Crippen molar-refractivity contribution >= 4 is 23.4 Å². The van der Waals surface area contributed by atoms with Crippen molar-refractivity contribution in [2.45, 2.75) is 36.1 Å². The largest absolute Gasteiger partial charge is 0.325 e. The maximum absolute atomic E-state index is 12.0. The lowest BCUT2D eigenvalue weighted by atomic mass is 9.75. The van der Waals surface area contributed by atoms with Crippen molar-refractivity contribution in [2.24, 2.45) is 5.73 Å². The maximum Gasteiger partial charge on any atom is 0.226 e. The zero-order valence-corrected chi connectivity index (χ0v) is 11.8. The lowest BCUT2D eigenvalue weighted by molar-refractivity contribution is -0.118. The van der Waals surface area contributed by atoms with E-state index in [1.54, 1.807) is 11.8 Å². The number of rotatable bonds is 6. The van der Waals surface area contributed by atoms with Crippen molar-refractivity contribution in [3.63, 3.8) is 0 Å². The number of anilines is 1. The summed E-state index contributed by atoms with van der Waals surface area (Å²) < 4.78 is 0. The predicted octanol–water partition coefficient (Wildman–Crippen LogP) is 3.17. The number of nitrogens with one attached hydrogen (secondary N) is 1. The molecule has 0 atom stereocenters. The van der Waals surface area contributed by atoms with Gasteiger partial charge in [0.1, 0.15) is 0 Å². The number of hydrogen-bond acceptors (Lipinski definition) is 3. The third-order valence-corrected chi connectivity index (χ3v) is 4.45. The molecule has 1 fully saturated rings. The average Bonchev–Trinajstić information content (AvgIpc) is 2.36. The molecule has 0 radical (unpaired) electrons. The van der Waals surface area contributed by atoms with Crippen LogP contribution in [0.1, 0.15) is 25.7 Å². The molecule has 0 aromatic heterocycles. The summed E-state index contributed by atoms with van der Waals surface area (Å²) in [5, 5.41) is 2.97. The van der Waals surface area contributed by atoms with E-state index in [-0.39, 0.29) is 11.4 Å². The highest BCUT2D eigenvalue weighted by molar-refractivity contribution is 7.99. The van der Waals surface area contributed by atoms with Crippen LogP contribution in [-0.4, -0.2) is 17.2 Å². The van der Waals surface area contributed by atoms with Crippen LogP contribution < -0.4 is 11.1 Å². The second-order valence-corrected chi connectivity index (χ2v) is 6.10. The van der Waals surface area contributed by atoms with E-state index in [4.69, 9.17) is 5.73 Å². The minimum absolute atomic E-state index is 0.00820. The Morgan fingerprint density at radius 2 is 2.21 bits per heavy atom. The molecule has 1 amide bonds. The molecule has 0 saturated heterocycles. The highest BCUT2D eigenvalue weighted by Gasteiger charge is 2.34. The van der Waals surface area contributed by atoms with Gasteiger partial charge in [-0.15, -0.1) is 18.3 Å². The maximum atomic E-state index is 12.0. The summed E-state index contributed by atoms with van der Waals surface area (Å²) in [6, 6.07) is 7.82. The quantitative estimate of drug-likeness (QED) is 0.620. The third-order valence-electron chi connectivity index (χ3n) is 3.38. The van der Waals surface area contributed by atoms with Gasteiger partial charge < -0.3 is 11.1 Å². The number of carbonyl (C=O) groups excluding carboxylic acids is 1. The molecule has 1 aromatic rings. The number of carbonyl (C=O) groups is 1. The van der Waals surface area contributed by atoms with Gasteiger partial charge in [0.25, 0.3) is 0 Å². The average molecular weight is 276 g/mol. The zero-order chi connectivity index (χ0) is 13.7. The van der Waals surface area contributed by atoms with Crippen LogP contribution >= 0.6 is 11.8 Å². The monoisotopic (exact) mass is 276 g/mol. The fourth-order valence-corrected chi connectivity index (χ4v) is 2.91. The fraction of sp³-hybridized carbons (Fsp3) is 0.400. The van der Waals surface area contributed by atoms with E-state index < -0.39 is 0 Å². The summed E-state index contributed by atoms with van der Waals surface area (Å²) in [7, 11) is 0. The molecule has 19 heavy (non-hydrogen) atoms. The molecule has 3 N–H and O–H groups in total. The highest BCUT2D eigenvalue weighted by atomic mass is 32.2. The first-order valence-corrected chi connectivity index (χ1v) is 7.53. The normalized spacial score (nSPS) is 16.5. The van der Waals surface area contributed by atoms with E-state index in [0.717, 1.165) is 35.6 Å². The van der Waals surface area contributed by atoms with Gasteiger partial charge in [-0.05, 0) is 31.4 Å².